The molecule has 2 heterocycles. The lowest BCUT2D eigenvalue weighted by atomic mass is 10.1. The fourth-order valence-corrected chi connectivity index (χ4v) is 3.44. The molecule has 0 bridgehead atoms. The number of unbranched alkanes of at least 4 members (excludes halogenated alkanes) is 2. The van der Waals surface area contributed by atoms with E-state index in [4.69, 9.17) is 5.14 Å². The van der Waals surface area contributed by atoms with Crippen LogP contribution >= 0.6 is 0 Å². The van der Waals surface area contributed by atoms with Gasteiger partial charge in [-0.3, -0.25) is 0 Å². The number of likely N-dealkylation sites (tertiary alicyclic amines) is 1. The van der Waals surface area contributed by atoms with E-state index in [0.29, 0.717) is 12.4 Å². The van der Waals surface area contributed by atoms with Gasteiger partial charge in [-0.2, -0.15) is 0 Å². The molecule has 1 aliphatic heterocycles. The van der Waals surface area contributed by atoms with Crippen molar-refractivity contribution in [2.75, 3.05) is 31.5 Å². The maximum Gasteiger partial charge on any atom is 0.241 e. The first-order valence-corrected chi connectivity index (χ1v) is 9.56. The van der Waals surface area contributed by atoms with Crippen molar-refractivity contribution in [3.05, 3.63) is 18.3 Å². The van der Waals surface area contributed by atoms with Crippen LogP contribution in [-0.2, 0) is 10.0 Å². The summed E-state index contributed by atoms with van der Waals surface area (Å²) in [5.41, 5.74) is 0. The zero-order chi connectivity index (χ0) is 15.8. The van der Waals surface area contributed by atoms with Gasteiger partial charge < -0.3 is 10.2 Å². The van der Waals surface area contributed by atoms with Crippen molar-refractivity contribution in [1.82, 2.24) is 9.88 Å². The fraction of sp³-hybridized carbons (Fsp3) is 0.667. The first-order chi connectivity index (χ1) is 10.6. The van der Waals surface area contributed by atoms with Crippen LogP contribution in [-0.4, -0.2) is 44.5 Å². The highest BCUT2D eigenvalue weighted by molar-refractivity contribution is 7.89. The van der Waals surface area contributed by atoms with E-state index in [1.807, 2.05) is 0 Å². The van der Waals surface area contributed by atoms with Crippen molar-refractivity contribution in [2.45, 2.75) is 43.4 Å². The number of nitrogens with zero attached hydrogens (tertiary/aromatic N) is 2. The Balaban J connectivity index is 1.67. The number of primary sulfonamides is 1. The van der Waals surface area contributed by atoms with Crippen LogP contribution in [0.3, 0.4) is 0 Å². The van der Waals surface area contributed by atoms with E-state index in [-0.39, 0.29) is 4.90 Å². The molecule has 0 saturated carbocycles. The molecule has 0 radical (unpaired) electrons. The average molecular weight is 326 g/mol. The number of piperidine rings is 1. The number of pyridine rings is 1. The predicted octanol–water partition coefficient (Wildman–Crippen LogP) is 1.80. The molecule has 1 saturated heterocycles. The predicted molar refractivity (Wildman–Crippen MR) is 88.2 cm³/mol. The summed E-state index contributed by atoms with van der Waals surface area (Å²) in [6.07, 6.45) is 8.90. The molecule has 0 spiro atoms. The van der Waals surface area contributed by atoms with Crippen LogP contribution < -0.4 is 10.5 Å². The minimum Gasteiger partial charge on any atom is -0.369 e. The molecule has 1 fully saturated rings. The summed E-state index contributed by atoms with van der Waals surface area (Å²) in [4.78, 5) is 6.65. The molecule has 6 nitrogen and oxygen atoms in total. The van der Waals surface area contributed by atoms with E-state index in [9.17, 15) is 8.42 Å². The third kappa shape index (κ3) is 5.55. The van der Waals surface area contributed by atoms with Crippen molar-refractivity contribution in [3.63, 3.8) is 0 Å². The lowest BCUT2D eigenvalue weighted by Crippen LogP contribution is -2.30. The molecular weight excluding hydrogens is 300 g/mol. The van der Waals surface area contributed by atoms with Crippen LogP contribution in [0.15, 0.2) is 23.2 Å². The van der Waals surface area contributed by atoms with E-state index >= 15 is 0 Å². The molecule has 124 valence electrons. The Morgan fingerprint density at radius 1 is 1.18 bits per heavy atom. The van der Waals surface area contributed by atoms with Gasteiger partial charge in [0.05, 0.1) is 0 Å². The highest BCUT2D eigenvalue weighted by atomic mass is 32.2. The van der Waals surface area contributed by atoms with Gasteiger partial charge in [0, 0.05) is 12.7 Å². The summed E-state index contributed by atoms with van der Waals surface area (Å²) >= 11 is 0. The lowest BCUT2D eigenvalue weighted by Gasteiger charge is -2.26. The number of anilines is 1. The van der Waals surface area contributed by atoms with E-state index in [1.165, 1.54) is 51.4 Å². The largest absolute Gasteiger partial charge is 0.369 e. The number of hydrogen-bond donors (Lipinski definition) is 2. The van der Waals surface area contributed by atoms with Crippen molar-refractivity contribution in [2.24, 2.45) is 5.14 Å². The van der Waals surface area contributed by atoms with Crippen molar-refractivity contribution in [3.8, 4) is 0 Å². The average Bonchev–Trinajstić information content (AvgIpc) is 2.51. The summed E-state index contributed by atoms with van der Waals surface area (Å²) in [5, 5.41) is 8.25. The summed E-state index contributed by atoms with van der Waals surface area (Å²) in [6, 6.07) is 3.05. The van der Waals surface area contributed by atoms with Crippen LogP contribution in [0, 0.1) is 0 Å². The van der Waals surface area contributed by atoms with Gasteiger partial charge in [-0.15, -0.1) is 0 Å². The smallest absolute Gasteiger partial charge is 0.241 e. The van der Waals surface area contributed by atoms with Gasteiger partial charge in [0.25, 0.3) is 0 Å². The van der Waals surface area contributed by atoms with E-state index in [1.54, 1.807) is 12.3 Å². The number of sulfonamides is 1. The molecule has 1 aromatic rings. The number of hydrogen-bond acceptors (Lipinski definition) is 5. The van der Waals surface area contributed by atoms with Gasteiger partial charge in [0.15, 0.2) is 0 Å². The zero-order valence-electron chi connectivity index (χ0n) is 13.0. The Morgan fingerprint density at radius 2 is 1.95 bits per heavy atom. The Hall–Kier alpha value is -1.18. The molecule has 3 N–H and O–H groups in total. The quantitative estimate of drug-likeness (QED) is 0.711. The second-order valence-corrected chi connectivity index (χ2v) is 7.31. The fourth-order valence-electron chi connectivity index (χ4n) is 2.78. The molecule has 22 heavy (non-hydrogen) atoms. The van der Waals surface area contributed by atoms with Gasteiger partial charge in [0.1, 0.15) is 10.7 Å². The SMILES string of the molecule is NS(=O)(=O)c1cccnc1NCCCCCN1CCCCC1. The van der Waals surface area contributed by atoms with Gasteiger partial charge >= 0.3 is 0 Å². The molecule has 1 aromatic heterocycles. The molecule has 2 rings (SSSR count). The van der Waals surface area contributed by atoms with Crippen LogP contribution in [0.25, 0.3) is 0 Å². The first kappa shape index (κ1) is 17.2. The lowest BCUT2D eigenvalue weighted by molar-refractivity contribution is 0.224. The van der Waals surface area contributed by atoms with Crippen molar-refractivity contribution >= 4 is 15.8 Å². The minimum absolute atomic E-state index is 0.0586. The van der Waals surface area contributed by atoms with Gasteiger partial charge in [-0.25, -0.2) is 18.5 Å². The molecular formula is C15H26N4O2S. The number of nitrogens with one attached hydrogen (secondary N) is 1. The van der Waals surface area contributed by atoms with E-state index in [2.05, 4.69) is 15.2 Å². The molecule has 7 heteroatoms. The molecule has 0 unspecified atom stereocenters. The third-order valence-electron chi connectivity index (χ3n) is 3.97. The second-order valence-electron chi connectivity index (χ2n) is 5.78. The third-order valence-corrected chi connectivity index (χ3v) is 4.91. The Morgan fingerprint density at radius 3 is 2.68 bits per heavy atom. The van der Waals surface area contributed by atoms with Crippen molar-refractivity contribution in [1.29, 1.82) is 0 Å². The molecule has 0 aliphatic carbocycles. The number of aromatic nitrogens is 1. The second kappa shape index (κ2) is 8.45. The molecule has 0 aromatic carbocycles. The molecule has 1 aliphatic rings. The Labute approximate surface area is 133 Å². The summed E-state index contributed by atoms with van der Waals surface area (Å²) < 4.78 is 22.9. The maximum absolute atomic E-state index is 11.5. The highest BCUT2D eigenvalue weighted by Crippen LogP contribution is 2.16. The molecule has 0 amide bonds. The number of rotatable bonds is 8. The maximum atomic E-state index is 11.5. The summed E-state index contributed by atoms with van der Waals surface area (Å²) in [5.74, 6) is 0.348. The zero-order valence-corrected chi connectivity index (χ0v) is 13.8. The first-order valence-electron chi connectivity index (χ1n) is 8.01. The van der Waals surface area contributed by atoms with E-state index in [0.717, 1.165) is 12.8 Å². The van der Waals surface area contributed by atoms with Crippen LogP contribution in [0.1, 0.15) is 38.5 Å². The van der Waals surface area contributed by atoms with Crippen LogP contribution in [0.4, 0.5) is 5.82 Å². The highest BCUT2D eigenvalue weighted by Gasteiger charge is 2.14. The Kier molecular flexibility index (Phi) is 6.60. The van der Waals surface area contributed by atoms with Gasteiger partial charge in [-0.1, -0.05) is 12.8 Å². The van der Waals surface area contributed by atoms with Crippen molar-refractivity contribution < 1.29 is 8.42 Å². The standard InChI is InChI=1S/C15H26N4O2S/c16-22(20,21)14-8-7-10-18-15(14)17-9-3-1-4-11-19-12-5-2-6-13-19/h7-8,10H,1-6,9,11-13H2,(H,17,18)(H2,16,20,21). The topological polar surface area (TPSA) is 88.3 Å². The summed E-state index contributed by atoms with van der Waals surface area (Å²) in [7, 11) is -3.73. The van der Waals surface area contributed by atoms with Gasteiger partial charge in [0.2, 0.25) is 10.0 Å². The van der Waals surface area contributed by atoms with Crippen LogP contribution in [0.5, 0.6) is 0 Å². The van der Waals surface area contributed by atoms with Gasteiger partial charge in [-0.05, 0) is 57.5 Å². The van der Waals surface area contributed by atoms with Crippen LogP contribution in [0.2, 0.25) is 0 Å². The number of nitrogens with two attached hydrogens (primary N) is 1. The summed E-state index contributed by atoms with van der Waals surface area (Å²) in [6.45, 7) is 4.36. The minimum atomic E-state index is -3.73. The Bertz CT molecular complexity index is 556. The van der Waals surface area contributed by atoms with E-state index < -0.39 is 10.0 Å². The molecule has 0 atom stereocenters. The monoisotopic (exact) mass is 326 g/mol. The normalized spacial score (nSPS) is 16.6.